The molecule has 0 saturated heterocycles. The summed E-state index contributed by atoms with van der Waals surface area (Å²) in [7, 11) is 0. The Kier molecular flexibility index (Phi) is 2.70. The van der Waals surface area contributed by atoms with Gasteiger partial charge in [0.25, 0.3) is 0 Å². The number of aromatic nitrogens is 5. The molecule has 3 aromatic heterocycles. The van der Waals surface area contributed by atoms with Crippen LogP contribution < -0.4 is 5.73 Å². The van der Waals surface area contributed by atoms with Crippen LogP contribution in [0.3, 0.4) is 0 Å². The summed E-state index contributed by atoms with van der Waals surface area (Å²) in [6.45, 7) is 5.49. The Morgan fingerprint density at radius 1 is 1.26 bits per heavy atom. The minimum atomic E-state index is 0.523. The van der Waals surface area contributed by atoms with Crippen LogP contribution in [0.1, 0.15) is 18.2 Å². The molecule has 0 bridgehead atoms. The van der Waals surface area contributed by atoms with E-state index in [1.54, 1.807) is 12.4 Å². The van der Waals surface area contributed by atoms with E-state index in [4.69, 9.17) is 5.73 Å². The molecule has 0 radical (unpaired) electrons. The van der Waals surface area contributed by atoms with E-state index in [2.05, 4.69) is 22.0 Å². The Morgan fingerprint density at radius 3 is 2.68 bits per heavy atom. The van der Waals surface area contributed by atoms with Crippen molar-refractivity contribution in [1.82, 2.24) is 24.3 Å². The molecule has 0 aliphatic carbocycles. The van der Waals surface area contributed by atoms with Crippen LogP contribution in [0, 0.1) is 6.92 Å². The quantitative estimate of drug-likeness (QED) is 0.772. The van der Waals surface area contributed by atoms with E-state index in [-0.39, 0.29) is 0 Å². The topological polar surface area (TPSA) is 74.6 Å². The van der Waals surface area contributed by atoms with E-state index >= 15 is 0 Å². The van der Waals surface area contributed by atoms with Gasteiger partial charge in [0, 0.05) is 18.9 Å². The molecule has 2 N–H and O–H groups in total. The standard InChI is InChI=1S/C13H16N6/c1-3-19-12-11(9(2)17-19)16-13(14)18(12)8-10-4-6-15-7-5-10/h4-7H,3,8H2,1-2H3,(H2,14,16). The number of hydrogen-bond acceptors (Lipinski definition) is 4. The van der Waals surface area contributed by atoms with Gasteiger partial charge in [0.2, 0.25) is 5.95 Å². The molecular formula is C13H16N6. The van der Waals surface area contributed by atoms with Crippen LogP contribution in [0.15, 0.2) is 24.5 Å². The van der Waals surface area contributed by atoms with Crippen molar-refractivity contribution in [3.63, 3.8) is 0 Å². The number of anilines is 1. The van der Waals surface area contributed by atoms with E-state index in [0.717, 1.165) is 29.0 Å². The molecule has 98 valence electrons. The smallest absolute Gasteiger partial charge is 0.202 e. The number of imidazole rings is 1. The second-order valence-electron chi connectivity index (χ2n) is 4.48. The second-order valence-corrected chi connectivity index (χ2v) is 4.48. The van der Waals surface area contributed by atoms with E-state index in [9.17, 15) is 0 Å². The molecule has 3 heterocycles. The van der Waals surface area contributed by atoms with Crippen LogP contribution in [-0.2, 0) is 13.1 Å². The highest BCUT2D eigenvalue weighted by Crippen LogP contribution is 2.22. The van der Waals surface area contributed by atoms with E-state index in [1.165, 1.54) is 0 Å². The summed E-state index contributed by atoms with van der Waals surface area (Å²) < 4.78 is 3.93. The van der Waals surface area contributed by atoms with Gasteiger partial charge in [-0.1, -0.05) is 0 Å². The normalized spacial score (nSPS) is 11.3. The first-order valence-electron chi connectivity index (χ1n) is 6.28. The Labute approximate surface area is 110 Å². The lowest BCUT2D eigenvalue weighted by Crippen LogP contribution is -2.09. The first kappa shape index (κ1) is 11.7. The number of nitrogens with two attached hydrogens (primary N) is 1. The van der Waals surface area contributed by atoms with Gasteiger partial charge in [-0.15, -0.1) is 0 Å². The monoisotopic (exact) mass is 256 g/mol. The molecule has 0 spiro atoms. The van der Waals surface area contributed by atoms with Crippen molar-refractivity contribution in [3.05, 3.63) is 35.8 Å². The Morgan fingerprint density at radius 2 is 2.00 bits per heavy atom. The van der Waals surface area contributed by atoms with Crippen molar-refractivity contribution in [3.8, 4) is 0 Å². The molecule has 0 aliphatic rings. The largest absolute Gasteiger partial charge is 0.369 e. The summed E-state index contributed by atoms with van der Waals surface area (Å²) in [5, 5.41) is 4.48. The fourth-order valence-electron chi connectivity index (χ4n) is 2.29. The van der Waals surface area contributed by atoms with Crippen molar-refractivity contribution in [2.75, 3.05) is 5.73 Å². The predicted molar refractivity (Wildman–Crippen MR) is 73.7 cm³/mol. The molecule has 0 saturated carbocycles. The molecule has 0 fully saturated rings. The van der Waals surface area contributed by atoms with Crippen LogP contribution in [0.25, 0.3) is 11.2 Å². The summed E-state index contributed by atoms with van der Waals surface area (Å²) in [5.74, 6) is 0.523. The maximum atomic E-state index is 6.03. The third kappa shape index (κ3) is 1.85. The van der Waals surface area contributed by atoms with Gasteiger partial charge in [0.1, 0.15) is 5.52 Å². The summed E-state index contributed by atoms with van der Waals surface area (Å²) in [6, 6.07) is 3.95. The van der Waals surface area contributed by atoms with E-state index < -0.39 is 0 Å². The molecule has 6 heteroatoms. The third-order valence-electron chi connectivity index (χ3n) is 3.22. The number of rotatable bonds is 3. The van der Waals surface area contributed by atoms with Crippen molar-refractivity contribution in [1.29, 1.82) is 0 Å². The molecule has 0 unspecified atom stereocenters. The van der Waals surface area contributed by atoms with Gasteiger partial charge in [-0.05, 0) is 31.5 Å². The SMILES string of the molecule is CCn1nc(C)c2nc(N)n(Cc3ccncc3)c21. The van der Waals surface area contributed by atoms with Gasteiger partial charge in [-0.3, -0.25) is 9.55 Å². The Bertz CT molecular complexity index is 710. The molecule has 19 heavy (non-hydrogen) atoms. The number of fused-ring (bicyclic) bond motifs is 1. The molecule has 0 aromatic carbocycles. The van der Waals surface area contributed by atoms with Crippen LogP contribution in [0.5, 0.6) is 0 Å². The lowest BCUT2D eigenvalue weighted by molar-refractivity contribution is 0.648. The van der Waals surface area contributed by atoms with Gasteiger partial charge < -0.3 is 5.73 Å². The molecule has 3 aromatic rings. The zero-order valence-corrected chi connectivity index (χ0v) is 11.0. The number of nitrogens with zero attached hydrogens (tertiary/aromatic N) is 5. The minimum absolute atomic E-state index is 0.523. The highest BCUT2D eigenvalue weighted by Gasteiger charge is 2.16. The lowest BCUT2D eigenvalue weighted by Gasteiger charge is -2.07. The Hall–Kier alpha value is -2.37. The van der Waals surface area contributed by atoms with E-state index in [0.29, 0.717) is 12.5 Å². The average Bonchev–Trinajstić information content (AvgIpc) is 2.90. The maximum absolute atomic E-state index is 6.03. The summed E-state index contributed by atoms with van der Waals surface area (Å²) >= 11 is 0. The average molecular weight is 256 g/mol. The van der Waals surface area contributed by atoms with Crippen molar-refractivity contribution < 1.29 is 0 Å². The number of aryl methyl sites for hydroxylation is 2. The summed E-state index contributed by atoms with van der Waals surface area (Å²) in [6.07, 6.45) is 3.56. The van der Waals surface area contributed by atoms with Crippen molar-refractivity contribution in [2.24, 2.45) is 0 Å². The van der Waals surface area contributed by atoms with Gasteiger partial charge in [-0.2, -0.15) is 5.10 Å². The number of hydrogen-bond donors (Lipinski definition) is 1. The van der Waals surface area contributed by atoms with Crippen molar-refractivity contribution >= 4 is 17.1 Å². The first-order valence-corrected chi connectivity index (χ1v) is 6.28. The first-order chi connectivity index (χ1) is 9.20. The van der Waals surface area contributed by atoms with Crippen molar-refractivity contribution in [2.45, 2.75) is 26.9 Å². The maximum Gasteiger partial charge on any atom is 0.202 e. The Balaban J connectivity index is 2.15. The highest BCUT2D eigenvalue weighted by atomic mass is 15.4. The molecular weight excluding hydrogens is 240 g/mol. The molecule has 0 amide bonds. The highest BCUT2D eigenvalue weighted by molar-refractivity contribution is 5.77. The summed E-state index contributed by atoms with van der Waals surface area (Å²) in [5.41, 5.74) is 9.95. The third-order valence-corrected chi connectivity index (χ3v) is 3.22. The van der Waals surface area contributed by atoms with Crippen LogP contribution >= 0.6 is 0 Å². The predicted octanol–water partition coefficient (Wildman–Crippen LogP) is 1.59. The molecule has 3 rings (SSSR count). The van der Waals surface area contributed by atoms with Crippen LogP contribution in [0.2, 0.25) is 0 Å². The summed E-state index contributed by atoms with van der Waals surface area (Å²) in [4.78, 5) is 8.44. The zero-order valence-electron chi connectivity index (χ0n) is 11.0. The van der Waals surface area contributed by atoms with Gasteiger partial charge >= 0.3 is 0 Å². The fraction of sp³-hybridized carbons (Fsp3) is 0.308. The zero-order chi connectivity index (χ0) is 13.4. The number of pyridine rings is 1. The van der Waals surface area contributed by atoms with Gasteiger partial charge in [0.15, 0.2) is 5.65 Å². The fourth-order valence-corrected chi connectivity index (χ4v) is 2.29. The number of nitrogen functional groups attached to an aromatic ring is 1. The van der Waals surface area contributed by atoms with Gasteiger partial charge in [0.05, 0.1) is 12.2 Å². The molecule has 0 atom stereocenters. The molecule has 6 nitrogen and oxygen atoms in total. The molecule has 0 aliphatic heterocycles. The lowest BCUT2D eigenvalue weighted by atomic mass is 10.3. The van der Waals surface area contributed by atoms with Gasteiger partial charge in [-0.25, -0.2) is 9.67 Å². The second kappa shape index (κ2) is 4.38. The van der Waals surface area contributed by atoms with Crippen LogP contribution in [0.4, 0.5) is 5.95 Å². The van der Waals surface area contributed by atoms with E-state index in [1.807, 2.05) is 28.3 Å². The van der Waals surface area contributed by atoms with Crippen LogP contribution in [-0.4, -0.2) is 24.3 Å². The minimum Gasteiger partial charge on any atom is -0.369 e.